The molecular formula is C8H13N3O2S. The molecule has 0 aromatic carbocycles. The summed E-state index contributed by atoms with van der Waals surface area (Å²) in [6, 6.07) is -0.0357. The Bertz CT molecular complexity index is 276. The van der Waals surface area contributed by atoms with Crippen LogP contribution in [0.3, 0.4) is 0 Å². The van der Waals surface area contributed by atoms with Crippen molar-refractivity contribution in [3.05, 3.63) is 0 Å². The van der Waals surface area contributed by atoms with Gasteiger partial charge in [0, 0.05) is 11.8 Å². The second-order valence-electron chi connectivity index (χ2n) is 3.12. The molecule has 78 valence electrons. The number of thioether (sulfide) groups is 1. The van der Waals surface area contributed by atoms with Crippen LogP contribution in [0.5, 0.6) is 0 Å². The zero-order chi connectivity index (χ0) is 10.6. The average Bonchev–Trinajstić information content (AvgIpc) is 2.55. The molecule has 0 aromatic heterocycles. The SMILES string of the molecule is CC(C)NC(=O)C(=O)NC1=NCCS1. The van der Waals surface area contributed by atoms with E-state index in [0.29, 0.717) is 11.7 Å². The van der Waals surface area contributed by atoms with E-state index in [-0.39, 0.29) is 6.04 Å². The third-order valence-electron chi connectivity index (χ3n) is 1.43. The highest BCUT2D eigenvalue weighted by molar-refractivity contribution is 8.14. The standard InChI is InChI=1S/C8H13N3O2S/c1-5(2)10-6(12)7(13)11-8-9-3-4-14-8/h5H,3-4H2,1-2H3,(H,10,12)(H,9,11,13). The summed E-state index contributed by atoms with van der Waals surface area (Å²) in [6.45, 7) is 4.30. The first-order valence-corrected chi connectivity index (χ1v) is 5.37. The van der Waals surface area contributed by atoms with Gasteiger partial charge in [0.15, 0.2) is 5.17 Å². The first kappa shape index (κ1) is 11.0. The fourth-order valence-electron chi connectivity index (χ4n) is 0.892. The Kier molecular flexibility index (Phi) is 3.94. The van der Waals surface area contributed by atoms with Gasteiger partial charge >= 0.3 is 11.8 Å². The number of amides is 2. The van der Waals surface area contributed by atoms with Crippen LogP contribution in [0.4, 0.5) is 0 Å². The number of carbonyl (C=O) groups excluding carboxylic acids is 2. The van der Waals surface area contributed by atoms with Gasteiger partial charge in [0.05, 0.1) is 6.54 Å². The zero-order valence-corrected chi connectivity index (χ0v) is 8.98. The molecule has 5 nitrogen and oxygen atoms in total. The van der Waals surface area contributed by atoms with Gasteiger partial charge in [-0.15, -0.1) is 0 Å². The molecule has 2 amide bonds. The molecule has 0 bridgehead atoms. The van der Waals surface area contributed by atoms with Crippen molar-refractivity contribution < 1.29 is 9.59 Å². The summed E-state index contributed by atoms with van der Waals surface area (Å²) in [6.07, 6.45) is 0. The third-order valence-corrected chi connectivity index (χ3v) is 2.32. The van der Waals surface area contributed by atoms with Gasteiger partial charge in [0.1, 0.15) is 0 Å². The molecule has 0 unspecified atom stereocenters. The predicted molar refractivity (Wildman–Crippen MR) is 56.2 cm³/mol. The lowest BCUT2D eigenvalue weighted by Gasteiger charge is -2.07. The summed E-state index contributed by atoms with van der Waals surface area (Å²) in [5.41, 5.74) is 0. The van der Waals surface area contributed by atoms with Gasteiger partial charge in [-0.1, -0.05) is 11.8 Å². The molecule has 1 aliphatic rings. The molecule has 6 heteroatoms. The minimum atomic E-state index is -0.646. The first-order chi connectivity index (χ1) is 6.59. The maximum atomic E-state index is 11.2. The van der Waals surface area contributed by atoms with Gasteiger partial charge in [0.2, 0.25) is 0 Å². The van der Waals surface area contributed by atoms with Crippen LogP contribution in [0.15, 0.2) is 4.99 Å². The summed E-state index contributed by atoms with van der Waals surface area (Å²) >= 11 is 1.45. The fourth-order valence-corrected chi connectivity index (χ4v) is 1.62. The Labute approximate surface area is 86.7 Å². The monoisotopic (exact) mass is 215 g/mol. The van der Waals surface area contributed by atoms with Crippen molar-refractivity contribution in [2.45, 2.75) is 19.9 Å². The molecule has 0 saturated heterocycles. The van der Waals surface area contributed by atoms with Crippen molar-refractivity contribution in [1.82, 2.24) is 10.6 Å². The van der Waals surface area contributed by atoms with Crippen molar-refractivity contribution >= 4 is 28.7 Å². The maximum Gasteiger partial charge on any atom is 0.315 e. The number of carbonyl (C=O) groups is 2. The maximum absolute atomic E-state index is 11.2. The highest BCUT2D eigenvalue weighted by Gasteiger charge is 2.17. The van der Waals surface area contributed by atoms with Crippen LogP contribution in [0.25, 0.3) is 0 Å². The van der Waals surface area contributed by atoms with E-state index >= 15 is 0 Å². The average molecular weight is 215 g/mol. The van der Waals surface area contributed by atoms with Crippen molar-refractivity contribution in [3.8, 4) is 0 Å². The Morgan fingerprint density at radius 2 is 2.14 bits per heavy atom. The zero-order valence-electron chi connectivity index (χ0n) is 8.16. The number of nitrogens with zero attached hydrogens (tertiary/aromatic N) is 1. The van der Waals surface area contributed by atoms with E-state index in [0.717, 1.165) is 5.75 Å². The summed E-state index contributed by atoms with van der Waals surface area (Å²) in [5.74, 6) is -0.399. The molecule has 1 rings (SSSR count). The lowest BCUT2D eigenvalue weighted by molar-refractivity contribution is -0.138. The fraction of sp³-hybridized carbons (Fsp3) is 0.625. The minimum absolute atomic E-state index is 0.0357. The van der Waals surface area contributed by atoms with E-state index in [9.17, 15) is 9.59 Å². The normalized spacial score (nSPS) is 15.2. The molecule has 2 N–H and O–H groups in total. The van der Waals surface area contributed by atoms with Crippen LogP contribution >= 0.6 is 11.8 Å². The Balaban J connectivity index is 2.37. The molecule has 0 saturated carbocycles. The number of hydrogen-bond acceptors (Lipinski definition) is 4. The largest absolute Gasteiger partial charge is 0.346 e. The van der Waals surface area contributed by atoms with E-state index in [1.165, 1.54) is 11.8 Å². The number of hydrogen-bond donors (Lipinski definition) is 2. The summed E-state index contributed by atoms with van der Waals surface area (Å²) in [7, 11) is 0. The van der Waals surface area contributed by atoms with Crippen LogP contribution in [0, 0.1) is 0 Å². The van der Waals surface area contributed by atoms with Crippen molar-refractivity contribution in [2.75, 3.05) is 12.3 Å². The molecule has 0 aromatic rings. The van der Waals surface area contributed by atoms with E-state index < -0.39 is 11.8 Å². The number of nitrogens with one attached hydrogen (secondary N) is 2. The molecule has 1 aliphatic heterocycles. The van der Waals surface area contributed by atoms with Gasteiger partial charge in [-0.05, 0) is 13.8 Å². The molecule has 0 fully saturated rings. The number of aliphatic imine (C=N–C) groups is 1. The highest BCUT2D eigenvalue weighted by Crippen LogP contribution is 2.08. The Morgan fingerprint density at radius 3 is 2.64 bits per heavy atom. The number of rotatable bonds is 1. The van der Waals surface area contributed by atoms with E-state index in [1.807, 2.05) is 0 Å². The summed E-state index contributed by atoms with van der Waals surface area (Å²) in [5, 5.41) is 5.48. The molecule has 0 spiro atoms. The quantitative estimate of drug-likeness (QED) is 0.591. The lowest BCUT2D eigenvalue weighted by Crippen LogP contribution is -2.43. The van der Waals surface area contributed by atoms with Gasteiger partial charge < -0.3 is 5.32 Å². The van der Waals surface area contributed by atoms with Crippen molar-refractivity contribution in [2.24, 2.45) is 4.99 Å². The van der Waals surface area contributed by atoms with Crippen LogP contribution < -0.4 is 10.6 Å². The first-order valence-electron chi connectivity index (χ1n) is 4.38. The summed E-state index contributed by atoms with van der Waals surface area (Å²) in [4.78, 5) is 26.4. The molecule has 0 atom stereocenters. The minimum Gasteiger partial charge on any atom is -0.346 e. The van der Waals surface area contributed by atoms with E-state index in [4.69, 9.17) is 0 Å². The predicted octanol–water partition coefficient (Wildman–Crippen LogP) is -0.270. The van der Waals surface area contributed by atoms with Gasteiger partial charge in [0.25, 0.3) is 0 Å². The molecule has 0 aliphatic carbocycles. The van der Waals surface area contributed by atoms with Gasteiger partial charge in [-0.25, -0.2) is 0 Å². The van der Waals surface area contributed by atoms with Gasteiger partial charge in [-0.2, -0.15) is 0 Å². The van der Waals surface area contributed by atoms with Crippen molar-refractivity contribution in [3.63, 3.8) is 0 Å². The highest BCUT2D eigenvalue weighted by atomic mass is 32.2. The number of amidine groups is 1. The third kappa shape index (κ3) is 3.37. The van der Waals surface area contributed by atoms with Gasteiger partial charge in [-0.3, -0.25) is 19.9 Å². The molecule has 14 heavy (non-hydrogen) atoms. The van der Waals surface area contributed by atoms with E-state index in [1.54, 1.807) is 13.8 Å². The van der Waals surface area contributed by atoms with Crippen LogP contribution in [-0.2, 0) is 9.59 Å². The topological polar surface area (TPSA) is 70.6 Å². The van der Waals surface area contributed by atoms with Crippen LogP contribution in [0.2, 0.25) is 0 Å². The van der Waals surface area contributed by atoms with Crippen molar-refractivity contribution in [1.29, 1.82) is 0 Å². The van der Waals surface area contributed by atoms with Crippen LogP contribution in [0.1, 0.15) is 13.8 Å². The molecular weight excluding hydrogens is 202 g/mol. The second kappa shape index (κ2) is 4.99. The van der Waals surface area contributed by atoms with Crippen LogP contribution in [-0.4, -0.2) is 35.3 Å². The molecule has 0 radical (unpaired) electrons. The summed E-state index contributed by atoms with van der Waals surface area (Å²) < 4.78 is 0. The second-order valence-corrected chi connectivity index (χ2v) is 4.20. The lowest BCUT2D eigenvalue weighted by atomic mass is 10.4. The Morgan fingerprint density at radius 1 is 1.43 bits per heavy atom. The van der Waals surface area contributed by atoms with E-state index in [2.05, 4.69) is 15.6 Å². The molecule has 1 heterocycles. The smallest absolute Gasteiger partial charge is 0.315 e. The Hall–Kier alpha value is -1.04.